The van der Waals surface area contributed by atoms with Crippen molar-refractivity contribution in [3.63, 3.8) is 0 Å². The number of nitrogens with one attached hydrogen (secondary N) is 1. The molecule has 3 nitrogen and oxygen atoms in total. The third kappa shape index (κ3) is 3.24. The van der Waals surface area contributed by atoms with E-state index in [9.17, 15) is 18.7 Å². The normalized spacial score (nSPS) is 26.4. The van der Waals surface area contributed by atoms with Crippen molar-refractivity contribution < 1.29 is 18.7 Å². The average Bonchev–Trinajstić information content (AvgIpc) is 3.15. The van der Waals surface area contributed by atoms with E-state index in [1.807, 2.05) is 0 Å². The second-order valence-electron chi connectivity index (χ2n) is 6.62. The minimum Gasteiger partial charge on any atom is -0.387 e. The Labute approximate surface area is 138 Å². The number of rotatable bonds is 4. The van der Waals surface area contributed by atoms with Gasteiger partial charge in [-0.3, -0.25) is 4.79 Å². The van der Waals surface area contributed by atoms with Crippen LogP contribution in [0.4, 0.5) is 8.78 Å². The number of carbonyl (C=O) groups excluding carboxylic acids is 1. The van der Waals surface area contributed by atoms with Gasteiger partial charge in [-0.1, -0.05) is 18.9 Å². The van der Waals surface area contributed by atoms with E-state index in [0.717, 1.165) is 24.7 Å². The van der Waals surface area contributed by atoms with Gasteiger partial charge in [-0.15, -0.1) is 0 Å². The molecule has 0 spiro atoms. The van der Waals surface area contributed by atoms with Crippen molar-refractivity contribution in [1.29, 1.82) is 0 Å². The highest BCUT2D eigenvalue weighted by molar-refractivity contribution is 7.99. The molecule has 0 bridgehead atoms. The zero-order valence-electron chi connectivity index (χ0n) is 12.9. The highest BCUT2D eigenvalue weighted by Crippen LogP contribution is 2.42. The first-order valence-corrected chi connectivity index (χ1v) is 9.15. The number of amides is 1. The van der Waals surface area contributed by atoms with Crippen molar-refractivity contribution in [3.8, 4) is 0 Å². The third-order valence-electron chi connectivity index (χ3n) is 5.00. The van der Waals surface area contributed by atoms with Crippen LogP contribution in [0.3, 0.4) is 0 Å². The molecule has 1 aliphatic heterocycles. The van der Waals surface area contributed by atoms with Crippen molar-refractivity contribution in [1.82, 2.24) is 5.32 Å². The topological polar surface area (TPSA) is 49.3 Å². The lowest BCUT2D eigenvalue weighted by Gasteiger charge is -2.31. The van der Waals surface area contributed by atoms with E-state index in [1.54, 1.807) is 11.8 Å². The van der Waals surface area contributed by atoms with Crippen molar-refractivity contribution in [3.05, 3.63) is 35.4 Å². The lowest BCUT2D eigenvalue weighted by molar-refractivity contribution is -0.127. The number of hydrogen-bond donors (Lipinski definition) is 2. The van der Waals surface area contributed by atoms with Crippen LogP contribution in [-0.2, 0) is 10.2 Å². The predicted molar refractivity (Wildman–Crippen MR) is 86.4 cm³/mol. The molecule has 1 amide bonds. The number of thioether (sulfide) groups is 1. The molecule has 1 unspecified atom stereocenters. The Morgan fingerprint density at radius 3 is 2.61 bits per heavy atom. The monoisotopic (exact) mass is 341 g/mol. The molecule has 2 fully saturated rings. The first kappa shape index (κ1) is 16.7. The van der Waals surface area contributed by atoms with Crippen LogP contribution in [0.2, 0.25) is 0 Å². The molecule has 6 heteroatoms. The second kappa shape index (κ2) is 6.40. The summed E-state index contributed by atoms with van der Waals surface area (Å²) in [5.74, 6) is -0.0879. The smallest absolute Gasteiger partial charge is 0.230 e. The molecule has 3 rings (SSSR count). The second-order valence-corrected chi connectivity index (χ2v) is 7.73. The third-order valence-corrected chi connectivity index (χ3v) is 6.23. The van der Waals surface area contributed by atoms with E-state index in [2.05, 4.69) is 5.32 Å². The molecule has 126 valence electrons. The van der Waals surface area contributed by atoms with Crippen LogP contribution in [0.25, 0.3) is 0 Å². The molecule has 1 aromatic carbocycles. The molecule has 1 heterocycles. The fourth-order valence-electron chi connectivity index (χ4n) is 3.62. The lowest BCUT2D eigenvalue weighted by atomic mass is 9.77. The Morgan fingerprint density at radius 2 is 2.00 bits per heavy atom. The lowest BCUT2D eigenvalue weighted by Crippen LogP contribution is -2.49. The maximum atomic E-state index is 14.3. The Hall–Kier alpha value is -1.14. The first-order chi connectivity index (χ1) is 11.0. The van der Waals surface area contributed by atoms with Gasteiger partial charge in [0.25, 0.3) is 0 Å². The van der Waals surface area contributed by atoms with E-state index >= 15 is 0 Å². The van der Waals surface area contributed by atoms with E-state index in [0.29, 0.717) is 25.0 Å². The zero-order valence-corrected chi connectivity index (χ0v) is 13.7. The number of hydrogen-bond acceptors (Lipinski definition) is 3. The van der Waals surface area contributed by atoms with Gasteiger partial charge in [0.15, 0.2) is 0 Å². The maximum absolute atomic E-state index is 14.3. The fraction of sp³-hybridized carbons (Fsp3) is 0.588. The maximum Gasteiger partial charge on any atom is 0.230 e. The van der Waals surface area contributed by atoms with Crippen LogP contribution in [-0.4, -0.2) is 34.7 Å². The average molecular weight is 341 g/mol. The van der Waals surface area contributed by atoms with Gasteiger partial charge < -0.3 is 10.4 Å². The van der Waals surface area contributed by atoms with Gasteiger partial charge in [0.2, 0.25) is 5.91 Å². The standard InChI is InChI=1S/C17H21F2NO2S/c18-12-3-4-13(14(19)9-12)17(5-1-2-6-17)15(21)20-10-16(22)7-8-23-11-16/h3-4,9,22H,1-2,5-8,10-11H2,(H,20,21). The van der Waals surface area contributed by atoms with Crippen molar-refractivity contribution in [2.24, 2.45) is 0 Å². The highest BCUT2D eigenvalue weighted by Gasteiger charge is 2.45. The molecule has 1 aromatic rings. The van der Waals surface area contributed by atoms with Gasteiger partial charge in [0, 0.05) is 23.9 Å². The van der Waals surface area contributed by atoms with Crippen LogP contribution in [0.5, 0.6) is 0 Å². The van der Waals surface area contributed by atoms with Crippen LogP contribution in [0.15, 0.2) is 18.2 Å². The molecular formula is C17H21F2NO2S. The molecular weight excluding hydrogens is 320 g/mol. The summed E-state index contributed by atoms with van der Waals surface area (Å²) in [4.78, 5) is 12.8. The summed E-state index contributed by atoms with van der Waals surface area (Å²) in [6.07, 6.45) is 3.42. The Morgan fingerprint density at radius 1 is 1.26 bits per heavy atom. The Kier molecular flexibility index (Phi) is 4.65. The minimum atomic E-state index is -0.945. The highest BCUT2D eigenvalue weighted by atomic mass is 32.2. The molecule has 23 heavy (non-hydrogen) atoms. The number of benzene rings is 1. The zero-order chi connectivity index (χ0) is 16.5. The summed E-state index contributed by atoms with van der Waals surface area (Å²) >= 11 is 1.66. The summed E-state index contributed by atoms with van der Waals surface area (Å²) in [6, 6.07) is 3.42. The van der Waals surface area contributed by atoms with Crippen molar-refractivity contribution in [2.75, 3.05) is 18.1 Å². The fourth-order valence-corrected chi connectivity index (χ4v) is 4.92. The van der Waals surface area contributed by atoms with Gasteiger partial charge in [-0.2, -0.15) is 11.8 Å². The van der Waals surface area contributed by atoms with E-state index in [4.69, 9.17) is 0 Å². The van der Waals surface area contributed by atoms with Gasteiger partial charge in [0.1, 0.15) is 11.6 Å². The first-order valence-electron chi connectivity index (χ1n) is 7.99. The molecule has 1 aliphatic carbocycles. The summed E-state index contributed by atoms with van der Waals surface area (Å²) in [5.41, 5.74) is -1.55. The van der Waals surface area contributed by atoms with Gasteiger partial charge in [-0.05, 0) is 31.1 Å². The summed E-state index contributed by atoms with van der Waals surface area (Å²) in [7, 11) is 0. The summed E-state index contributed by atoms with van der Waals surface area (Å²) in [6.45, 7) is 0.184. The molecule has 1 saturated carbocycles. The van der Waals surface area contributed by atoms with Crippen LogP contribution in [0.1, 0.15) is 37.7 Å². The molecule has 2 N–H and O–H groups in total. The molecule has 2 aliphatic rings. The Balaban J connectivity index is 1.81. The van der Waals surface area contributed by atoms with E-state index < -0.39 is 22.7 Å². The minimum absolute atomic E-state index is 0.184. The molecule has 0 radical (unpaired) electrons. The molecule has 1 atom stereocenters. The predicted octanol–water partition coefficient (Wildman–Crippen LogP) is 2.76. The van der Waals surface area contributed by atoms with Gasteiger partial charge >= 0.3 is 0 Å². The summed E-state index contributed by atoms with van der Waals surface area (Å²) < 4.78 is 27.4. The van der Waals surface area contributed by atoms with Crippen LogP contribution in [0, 0.1) is 11.6 Å². The number of carbonyl (C=O) groups is 1. The molecule has 1 saturated heterocycles. The van der Waals surface area contributed by atoms with Crippen LogP contribution < -0.4 is 5.32 Å². The van der Waals surface area contributed by atoms with Gasteiger partial charge in [-0.25, -0.2) is 8.78 Å². The number of aliphatic hydroxyl groups is 1. The van der Waals surface area contributed by atoms with Crippen molar-refractivity contribution in [2.45, 2.75) is 43.1 Å². The molecule has 0 aromatic heterocycles. The van der Waals surface area contributed by atoms with Gasteiger partial charge in [0.05, 0.1) is 11.0 Å². The summed E-state index contributed by atoms with van der Waals surface area (Å²) in [5, 5.41) is 13.2. The SMILES string of the molecule is O=C(NCC1(O)CCSC1)C1(c2ccc(F)cc2F)CCCC1. The quantitative estimate of drug-likeness (QED) is 0.885. The Bertz CT molecular complexity index is 596. The number of halogens is 2. The van der Waals surface area contributed by atoms with E-state index in [-0.39, 0.29) is 18.0 Å². The largest absolute Gasteiger partial charge is 0.387 e. The van der Waals surface area contributed by atoms with Crippen LogP contribution >= 0.6 is 11.8 Å². The van der Waals surface area contributed by atoms with E-state index in [1.165, 1.54) is 12.1 Å². The van der Waals surface area contributed by atoms with Crippen molar-refractivity contribution >= 4 is 17.7 Å².